The van der Waals surface area contributed by atoms with Gasteiger partial charge in [0.05, 0.1) is 25.4 Å². The quantitative estimate of drug-likeness (QED) is 0.321. The number of aliphatic hydroxyl groups is 2. The SMILES string of the molecule is COc1ccc(CNC(=O)C[C@@H]2[C@H](O)CCC3[C@](C)(CO)[C@H](OC(=O)Nc4cccc(C(F)(F)F)c4)CC[C@]32C)cc1. The Balaban J connectivity index is 1.43. The van der Waals surface area contributed by atoms with Gasteiger partial charge in [-0.25, -0.2) is 4.79 Å². The Hall–Kier alpha value is -3.31. The molecule has 0 spiro atoms. The maximum absolute atomic E-state index is 13.1. The molecule has 0 heterocycles. The van der Waals surface area contributed by atoms with Crippen molar-refractivity contribution in [3.63, 3.8) is 0 Å². The number of fused-ring (bicyclic) bond motifs is 1. The van der Waals surface area contributed by atoms with Crippen molar-refractivity contribution in [2.75, 3.05) is 19.0 Å². The molecular formula is C31H39F3N2O6. The summed E-state index contributed by atoms with van der Waals surface area (Å²) in [5, 5.41) is 26.9. The molecule has 0 aliphatic heterocycles. The molecule has 2 aliphatic rings. The van der Waals surface area contributed by atoms with Crippen molar-refractivity contribution in [1.82, 2.24) is 5.32 Å². The number of hydrogen-bond donors (Lipinski definition) is 4. The molecule has 1 unspecified atom stereocenters. The molecule has 2 saturated carbocycles. The van der Waals surface area contributed by atoms with Crippen molar-refractivity contribution in [3.05, 3.63) is 59.7 Å². The highest BCUT2D eigenvalue weighted by molar-refractivity contribution is 5.84. The van der Waals surface area contributed by atoms with E-state index in [0.717, 1.165) is 17.7 Å². The number of methoxy groups -OCH3 is 1. The van der Waals surface area contributed by atoms with E-state index in [4.69, 9.17) is 9.47 Å². The van der Waals surface area contributed by atoms with E-state index >= 15 is 0 Å². The third-order valence-corrected chi connectivity index (χ3v) is 9.42. The summed E-state index contributed by atoms with van der Waals surface area (Å²) >= 11 is 0. The van der Waals surface area contributed by atoms with Crippen LogP contribution in [-0.2, 0) is 22.3 Å². The minimum absolute atomic E-state index is 0.0531. The number of aliphatic hydroxyl groups excluding tert-OH is 2. The molecule has 0 saturated heterocycles. The first-order valence-corrected chi connectivity index (χ1v) is 14.1. The topological polar surface area (TPSA) is 117 Å². The number of anilines is 1. The normalized spacial score (nSPS) is 29.2. The number of carbonyl (C=O) groups is 2. The Morgan fingerprint density at radius 1 is 1.07 bits per heavy atom. The lowest BCUT2D eigenvalue weighted by atomic mass is 9.46. The Bertz CT molecular complexity index is 1260. The molecule has 0 bridgehead atoms. The molecule has 11 heteroatoms. The first kappa shape index (κ1) is 31.6. The summed E-state index contributed by atoms with van der Waals surface area (Å²) in [4.78, 5) is 25.8. The van der Waals surface area contributed by atoms with Gasteiger partial charge < -0.3 is 25.0 Å². The molecule has 0 aromatic heterocycles. The average Bonchev–Trinajstić information content (AvgIpc) is 2.95. The second-order valence-electron chi connectivity index (χ2n) is 11.9. The van der Waals surface area contributed by atoms with Crippen LogP contribution in [0.2, 0.25) is 0 Å². The predicted octanol–water partition coefficient (Wildman–Crippen LogP) is 5.52. The van der Waals surface area contributed by atoms with Crippen molar-refractivity contribution >= 4 is 17.7 Å². The van der Waals surface area contributed by atoms with Crippen LogP contribution in [0.25, 0.3) is 0 Å². The van der Waals surface area contributed by atoms with Crippen LogP contribution in [0.1, 0.15) is 57.1 Å². The summed E-state index contributed by atoms with van der Waals surface area (Å²) in [7, 11) is 1.58. The fourth-order valence-electron chi connectivity index (χ4n) is 7.05. The van der Waals surface area contributed by atoms with Gasteiger partial charge in [0.2, 0.25) is 5.91 Å². The van der Waals surface area contributed by atoms with Gasteiger partial charge in [0.25, 0.3) is 0 Å². The molecule has 2 aromatic rings. The van der Waals surface area contributed by atoms with E-state index in [-0.39, 0.29) is 36.5 Å². The maximum atomic E-state index is 13.1. The Morgan fingerprint density at radius 2 is 1.79 bits per heavy atom. The zero-order chi connectivity index (χ0) is 30.7. The van der Waals surface area contributed by atoms with E-state index in [1.54, 1.807) is 7.11 Å². The van der Waals surface area contributed by atoms with E-state index in [9.17, 15) is 33.0 Å². The minimum Gasteiger partial charge on any atom is -0.497 e. The number of carbonyl (C=O) groups excluding carboxylic acids is 2. The molecule has 0 radical (unpaired) electrons. The second kappa shape index (κ2) is 12.5. The third kappa shape index (κ3) is 6.67. The molecular weight excluding hydrogens is 553 g/mol. The van der Waals surface area contributed by atoms with E-state index in [1.807, 2.05) is 38.1 Å². The number of amides is 2. The molecule has 8 nitrogen and oxygen atoms in total. The van der Waals surface area contributed by atoms with Gasteiger partial charge in [-0.15, -0.1) is 0 Å². The summed E-state index contributed by atoms with van der Waals surface area (Å²) in [6.07, 6.45) is -4.91. The lowest BCUT2D eigenvalue weighted by Crippen LogP contribution is -2.61. The Kier molecular flexibility index (Phi) is 9.42. The monoisotopic (exact) mass is 592 g/mol. The fourth-order valence-corrected chi connectivity index (χ4v) is 7.05. The van der Waals surface area contributed by atoms with E-state index in [2.05, 4.69) is 10.6 Å². The number of hydrogen-bond acceptors (Lipinski definition) is 6. The Labute approximate surface area is 243 Å². The zero-order valence-corrected chi connectivity index (χ0v) is 24.0. The van der Waals surface area contributed by atoms with E-state index in [0.29, 0.717) is 38.0 Å². The zero-order valence-electron chi connectivity index (χ0n) is 24.0. The van der Waals surface area contributed by atoms with Crippen molar-refractivity contribution in [2.45, 2.75) is 70.9 Å². The van der Waals surface area contributed by atoms with Crippen LogP contribution in [-0.4, -0.2) is 48.1 Å². The van der Waals surface area contributed by atoms with Crippen LogP contribution in [0.5, 0.6) is 5.75 Å². The molecule has 2 aromatic carbocycles. The molecule has 2 fully saturated rings. The number of halogens is 3. The third-order valence-electron chi connectivity index (χ3n) is 9.42. The van der Waals surface area contributed by atoms with Crippen LogP contribution in [0.4, 0.5) is 23.7 Å². The average molecular weight is 593 g/mol. The van der Waals surface area contributed by atoms with Gasteiger partial charge in [-0.2, -0.15) is 13.2 Å². The highest BCUT2D eigenvalue weighted by Gasteiger charge is 2.60. The molecule has 6 atom stereocenters. The molecule has 4 N–H and O–H groups in total. The van der Waals surface area contributed by atoms with Crippen LogP contribution < -0.4 is 15.4 Å². The van der Waals surface area contributed by atoms with Gasteiger partial charge in [0, 0.05) is 24.1 Å². The maximum Gasteiger partial charge on any atom is 0.416 e. The van der Waals surface area contributed by atoms with Crippen LogP contribution in [0.3, 0.4) is 0 Å². The largest absolute Gasteiger partial charge is 0.497 e. The number of alkyl halides is 3. The van der Waals surface area contributed by atoms with Crippen molar-refractivity contribution in [2.24, 2.45) is 22.7 Å². The number of rotatable bonds is 8. The minimum atomic E-state index is -4.56. The molecule has 42 heavy (non-hydrogen) atoms. The van der Waals surface area contributed by atoms with E-state index < -0.39 is 40.9 Å². The predicted molar refractivity (Wildman–Crippen MR) is 150 cm³/mol. The van der Waals surface area contributed by atoms with E-state index in [1.165, 1.54) is 12.1 Å². The Morgan fingerprint density at radius 3 is 2.43 bits per heavy atom. The van der Waals surface area contributed by atoms with Gasteiger partial charge in [0.15, 0.2) is 0 Å². The molecule has 2 amide bonds. The summed E-state index contributed by atoms with van der Waals surface area (Å²) < 4.78 is 50.1. The van der Waals surface area contributed by atoms with Gasteiger partial charge in [-0.3, -0.25) is 10.1 Å². The summed E-state index contributed by atoms with van der Waals surface area (Å²) in [6, 6.07) is 11.6. The number of benzene rings is 2. The number of nitrogens with one attached hydrogen (secondary N) is 2. The summed E-state index contributed by atoms with van der Waals surface area (Å²) in [6.45, 7) is 3.88. The fraction of sp³-hybridized carbons (Fsp3) is 0.548. The highest BCUT2D eigenvalue weighted by atomic mass is 19.4. The van der Waals surface area contributed by atoms with Crippen LogP contribution >= 0.6 is 0 Å². The van der Waals surface area contributed by atoms with Gasteiger partial charge in [-0.05, 0) is 78.8 Å². The van der Waals surface area contributed by atoms with Crippen molar-refractivity contribution in [3.8, 4) is 5.75 Å². The highest BCUT2D eigenvalue weighted by Crippen LogP contribution is 2.61. The van der Waals surface area contributed by atoms with Gasteiger partial charge >= 0.3 is 12.3 Å². The summed E-state index contributed by atoms with van der Waals surface area (Å²) in [5.74, 6) is -0.0360. The standard InChI is InChI=1S/C31H39F3N2O6/c1-29-14-13-26(42-28(40)36-21-6-4-5-20(15-21)31(32,33)34)30(2,18-37)25(29)12-11-24(38)23(29)16-27(39)35-17-19-7-9-22(41-3)10-8-19/h4-10,15,23-26,37-38H,11-14,16-18H2,1-3H3,(H,35,39)(H,36,40)/t23-,24-,25?,26-,29+,30+/m1/s1. The molecule has 2 aliphatic carbocycles. The first-order valence-electron chi connectivity index (χ1n) is 14.1. The molecule has 4 rings (SSSR count). The van der Waals surface area contributed by atoms with Crippen molar-refractivity contribution < 1.29 is 42.4 Å². The first-order chi connectivity index (χ1) is 19.8. The lowest BCUT2D eigenvalue weighted by Gasteiger charge is -2.60. The number of ether oxygens (including phenoxy) is 2. The summed E-state index contributed by atoms with van der Waals surface area (Å²) in [5.41, 5.74) is -1.46. The second-order valence-corrected chi connectivity index (χ2v) is 11.9. The molecule has 230 valence electrons. The van der Waals surface area contributed by atoms with Crippen LogP contribution in [0, 0.1) is 22.7 Å². The van der Waals surface area contributed by atoms with Gasteiger partial charge in [-0.1, -0.05) is 32.0 Å². The lowest BCUT2D eigenvalue weighted by molar-refractivity contribution is -0.185. The van der Waals surface area contributed by atoms with Gasteiger partial charge in [0.1, 0.15) is 11.9 Å². The smallest absolute Gasteiger partial charge is 0.416 e. The van der Waals surface area contributed by atoms with Crippen LogP contribution in [0.15, 0.2) is 48.5 Å². The van der Waals surface area contributed by atoms with Crippen molar-refractivity contribution in [1.29, 1.82) is 0 Å².